The van der Waals surface area contributed by atoms with Crippen LogP contribution in [0.15, 0.2) is 18.5 Å². The smallest absolute Gasteiger partial charge is 0.255 e. The van der Waals surface area contributed by atoms with Gasteiger partial charge in [0.2, 0.25) is 0 Å². The molecular weight excluding hydrogens is 240 g/mol. The fourth-order valence-corrected chi connectivity index (χ4v) is 2.56. The largest absolute Gasteiger partial charge is 0.349 e. The first-order valence-corrected chi connectivity index (χ1v) is 7.03. The summed E-state index contributed by atoms with van der Waals surface area (Å²) in [5.74, 6) is 5.32. The lowest BCUT2D eigenvalue weighted by Crippen LogP contribution is -2.35. The van der Waals surface area contributed by atoms with E-state index in [0.29, 0.717) is 11.3 Å². The van der Waals surface area contributed by atoms with Crippen LogP contribution in [0, 0.1) is 0 Å². The number of hydrogen-bond donors (Lipinski definition) is 3. The number of nitrogens with two attached hydrogens (primary N) is 1. The van der Waals surface area contributed by atoms with Crippen molar-refractivity contribution in [1.82, 2.24) is 10.3 Å². The predicted molar refractivity (Wildman–Crippen MR) is 75.6 cm³/mol. The summed E-state index contributed by atoms with van der Waals surface area (Å²) in [6, 6.07) is 1.98. The third-order valence-corrected chi connectivity index (χ3v) is 3.66. The number of nitrogens with one attached hydrogen (secondary N) is 2. The van der Waals surface area contributed by atoms with Gasteiger partial charge in [-0.25, -0.2) is 0 Å². The maximum atomic E-state index is 12.2. The summed E-state index contributed by atoms with van der Waals surface area (Å²) in [4.78, 5) is 16.2. The van der Waals surface area contributed by atoms with Gasteiger partial charge in [-0.1, -0.05) is 32.1 Å². The second-order valence-electron chi connectivity index (χ2n) is 5.08. The first kappa shape index (κ1) is 13.8. The van der Waals surface area contributed by atoms with E-state index in [1.807, 2.05) is 0 Å². The molecule has 1 amide bonds. The average Bonchev–Trinajstić information content (AvgIpc) is 2.41. The molecule has 5 heteroatoms. The van der Waals surface area contributed by atoms with E-state index >= 15 is 0 Å². The summed E-state index contributed by atoms with van der Waals surface area (Å²) in [7, 11) is 0. The van der Waals surface area contributed by atoms with Crippen molar-refractivity contribution in [2.45, 2.75) is 51.0 Å². The molecule has 1 aromatic heterocycles. The third kappa shape index (κ3) is 3.92. The van der Waals surface area contributed by atoms with Gasteiger partial charge >= 0.3 is 0 Å². The van der Waals surface area contributed by atoms with Gasteiger partial charge in [-0.05, 0) is 18.9 Å². The molecular formula is C14H22N4O. The van der Waals surface area contributed by atoms with Crippen molar-refractivity contribution in [3.63, 3.8) is 0 Å². The van der Waals surface area contributed by atoms with Gasteiger partial charge < -0.3 is 10.7 Å². The molecule has 1 aliphatic rings. The number of anilines is 1. The molecule has 0 saturated heterocycles. The predicted octanol–water partition coefficient (Wildman–Crippen LogP) is 2.21. The topological polar surface area (TPSA) is 80.0 Å². The van der Waals surface area contributed by atoms with E-state index in [1.54, 1.807) is 18.5 Å². The quantitative estimate of drug-likeness (QED) is 0.576. The zero-order valence-corrected chi connectivity index (χ0v) is 11.2. The van der Waals surface area contributed by atoms with E-state index in [2.05, 4.69) is 15.7 Å². The lowest BCUT2D eigenvalue weighted by molar-refractivity contribution is 0.0931. The fraction of sp³-hybridized carbons (Fsp3) is 0.571. The number of hydrogen-bond acceptors (Lipinski definition) is 4. The molecule has 0 atom stereocenters. The molecule has 0 bridgehead atoms. The standard InChI is InChI=1S/C14H22N4O/c15-18-13-8-9-16-10-12(13)14(19)17-11-6-4-2-1-3-5-7-11/h8-11H,1-7,15H2,(H,16,18)(H,17,19). The Balaban J connectivity index is 1.99. The van der Waals surface area contributed by atoms with E-state index in [0.717, 1.165) is 12.8 Å². The maximum Gasteiger partial charge on any atom is 0.255 e. The van der Waals surface area contributed by atoms with Gasteiger partial charge in [0.05, 0.1) is 11.3 Å². The van der Waals surface area contributed by atoms with Gasteiger partial charge in [0.1, 0.15) is 0 Å². The Hall–Kier alpha value is -1.62. The van der Waals surface area contributed by atoms with E-state index in [1.165, 1.54) is 32.1 Å². The van der Waals surface area contributed by atoms with Gasteiger partial charge in [-0.2, -0.15) is 0 Å². The van der Waals surface area contributed by atoms with E-state index in [9.17, 15) is 4.79 Å². The highest BCUT2D eigenvalue weighted by Crippen LogP contribution is 2.18. The Morgan fingerprint density at radius 2 is 1.89 bits per heavy atom. The van der Waals surface area contributed by atoms with Crippen LogP contribution in [-0.2, 0) is 0 Å². The summed E-state index contributed by atoms with van der Waals surface area (Å²) in [5, 5.41) is 3.10. The molecule has 0 spiro atoms. The minimum Gasteiger partial charge on any atom is -0.349 e. The van der Waals surface area contributed by atoms with Crippen LogP contribution in [0.1, 0.15) is 55.3 Å². The molecule has 1 aliphatic carbocycles. The highest BCUT2D eigenvalue weighted by Gasteiger charge is 2.17. The van der Waals surface area contributed by atoms with Crippen LogP contribution < -0.4 is 16.6 Å². The van der Waals surface area contributed by atoms with Gasteiger partial charge in [0, 0.05) is 18.4 Å². The molecule has 104 valence electrons. The van der Waals surface area contributed by atoms with Crippen molar-refractivity contribution >= 4 is 11.6 Å². The number of carbonyl (C=O) groups is 1. The van der Waals surface area contributed by atoms with Gasteiger partial charge in [0.15, 0.2) is 0 Å². The zero-order chi connectivity index (χ0) is 13.5. The summed E-state index contributed by atoms with van der Waals surface area (Å²) in [6.07, 6.45) is 11.6. The number of nitrogens with zero attached hydrogens (tertiary/aromatic N) is 1. The van der Waals surface area contributed by atoms with Crippen molar-refractivity contribution in [2.24, 2.45) is 5.84 Å². The van der Waals surface area contributed by atoms with Crippen molar-refractivity contribution in [2.75, 3.05) is 5.43 Å². The number of hydrazine groups is 1. The lowest BCUT2D eigenvalue weighted by atomic mass is 9.96. The number of carbonyl (C=O) groups excluding carboxylic acids is 1. The zero-order valence-electron chi connectivity index (χ0n) is 11.2. The average molecular weight is 262 g/mol. The number of aromatic nitrogens is 1. The van der Waals surface area contributed by atoms with Gasteiger partial charge in [-0.3, -0.25) is 15.6 Å². The van der Waals surface area contributed by atoms with Crippen molar-refractivity contribution in [3.05, 3.63) is 24.0 Å². The Morgan fingerprint density at radius 1 is 1.21 bits per heavy atom. The Bertz CT molecular complexity index is 414. The lowest BCUT2D eigenvalue weighted by Gasteiger charge is -2.21. The highest BCUT2D eigenvalue weighted by atomic mass is 16.1. The highest BCUT2D eigenvalue weighted by molar-refractivity contribution is 5.99. The van der Waals surface area contributed by atoms with E-state index in [-0.39, 0.29) is 11.9 Å². The molecule has 1 fully saturated rings. The third-order valence-electron chi connectivity index (χ3n) is 3.66. The Labute approximate surface area is 114 Å². The Kier molecular flexibility index (Phi) is 5.15. The molecule has 0 radical (unpaired) electrons. The molecule has 0 aliphatic heterocycles. The van der Waals surface area contributed by atoms with Crippen LogP contribution in [0.3, 0.4) is 0 Å². The first-order chi connectivity index (χ1) is 9.31. The minimum atomic E-state index is -0.0911. The van der Waals surface area contributed by atoms with Crippen LogP contribution in [0.5, 0.6) is 0 Å². The maximum absolute atomic E-state index is 12.2. The first-order valence-electron chi connectivity index (χ1n) is 7.03. The number of nitrogen functional groups attached to an aromatic ring is 1. The molecule has 1 heterocycles. The number of amides is 1. The SMILES string of the molecule is NNc1ccncc1C(=O)NC1CCCCCCC1. The van der Waals surface area contributed by atoms with Crippen molar-refractivity contribution in [1.29, 1.82) is 0 Å². The summed E-state index contributed by atoms with van der Waals surface area (Å²) >= 11 is 0. The monoisotopic (exact) mass is 262 g/mol. The van der Waals surface area contributed by atoms with Gasteiger partial charge in [0.25, 0.3) is 5.91 Å². The molecule has 0 unspecified atom stereocenters. The summed E-state index contributed by atoms with van der Waals surface area (Å²) in [5.41, 5.74) is 3.65. The minimum absolute atomic E-state index is 0.0911. The van der Waals surface area contributed by atoms with Gasteiger partial charge in [-0.15, -0.1) is 0 Å². The van der Waals surface area contributed by atoms with Crippen LogP contribution >= 0.6 is 0 Å². The van der Waals surface area contributed by atoms with Crippen LogP contribution in [0.4, 0.5) is 5.69 Å². The summed E-state index contributed by atoms with van der Waals surface area (Å²) in [6.45, 7) is 0. The fourth-order valence-electron chi connectivity index (χ4n) is 2.56. The normalized spacial score (nSPS) is 17.3. The van der Waals surface area contributed by atoms with E-state index in [4.69, 9.17) is 5.84 Å². The number of rotatable bonds is 3. The van der Waals surface area contributed by atoms with Crippen LogP contribution in [0.2, 0.25) is 0 Å². The van der Waals surface area contributed by atoms with Crippen LogP contribution in [0.25, 0.3) is 0 Å². The molecule has 1 aromatic rings. The summed E-state index contributed by atoms with van der Waals surface area (Å²) < 4.78 is 0. The molecule has 4 N–H and O–H groups in total. The molecule has 2 rings (SSSR count). The van der Waals surface area contributed by atoms with Crippen molar-refractivity contribution in [3.8, 4) is 0 Å². The van der Waals surface area contributed by atoms with Crippen LogP contribution in [-0.4, -0.2) is 16.9 Å². The molecule has 0 aromatic carbocycles. The molecule has 19 heavy (non-hydrogen) atoms. The Morgan fingerprint density at radius 3 is 2.58 bits per heavy atom. The van der Waals surface area contributed by atoms with E-state index < -0.39 is 0 Å². The molecule has 1 saturated carbocycles. The molecule has 5 nitrogen and oxygen atoms in total. The second-order valence-corrected chi connectivity index (χ2v) is 5.08. The van der Waals surface area contributed by atoms with Crippen molar-refractivity contribution < 1.29 is 4.79 Å². The second kappa shape index (κ2) is 7.09. The number of pyridine rings is 1.